The molecule has 10 heteroatoms. The summed E-state index contributed by atoms with van der Waals surface area (Å²) in [6.45, 7) is 1.88. The minimum Gasteiger partial charge on any atom is -0.358 e. The predicted octanol–water partition coefficient (Wildman–Crippen LogP) is 1.82. The Hall–Kier alpha value is -2.26. The molecule has 1 aromatic carbocycles. The number of anilines is 1. The minimum absolute atomic E-state index is 0.0237. The van der Waals surface area contributed by atoms with Gasteiger partial charge in [0.15, 0.2) is 5.16 Å². The van der Waals surface area contributed by atoms with Crippen molar-refractivity contribution >= 4 is 41.1 Å². The summed E-state index contributed by atoms with van der Waals surface area (Å²) in [4.78, 5) is 27.4. The molecule has 0 bridgehead atoms. The number of amides is 2. The number of nitrogens with one attached hydrogen (secondary N) is 1. The third-order valence-electron chi connectivity index (χ3n) is 4.48. The molecule has 28 heavy (non-hydrogen) atoms. The summed E-state index contributed by atoms with van der Waals surface area (Å²) in [6, 6.07) is 7.49. The van der Waals surface area contributed by atoms with Gasteiger partial charge in [-0.2, -0.15) is 0 Å². The van der Waals surface area contributed by atoms with Crippen LogP contribution in [0.25, 0.3) is 5.69 Å². The largest absolute Gasteiger partial charge is 0.358 e. The molecule has 2 heterocycles. The Labute approximate surface area is 173 Å². The van der Waals surface area contributed by atoms with E-state index < -0.39 is 0 Å². The van der Waals surface area contributed by atoms with Gasteiger partial charge in [-0.25, -0.2) is 0 Å². The number of aromatic nitrogens is 3. The molecule has 0 spiro atoms. The van der Waals surface area contributed by atoms with Gasteiger partial charge in [0.05, 0.1) is 18.0 Å². The van der Waals surface area contributed by atoms with Crippen LogP contribution >= 0.6 is 23.4 Å². The molecule has 1 N–H and O–H groups in total. The van der Waals surface area contributed by atoms with Gasteiger partial charge in [0.1, 0.15) is 0 Å². The van der Waals surface area contributed by atoms with E-state index in [4.69, 9.17) is 11.6 Å². The first-order valence-corrected chi connectivity index (χ1v) is 10.4. The molecule has 0 unspecified atom stereocenters. The molecule has 2 amide bonds. The molecule has 0 atom stereocenters. The monoisotopic (exact) mass is 422 g/mol. The van der Waals surface area contributed by atoms with E-state index >= 15 is 0 Å². The van der Waals surface area contributed by atoms with Gasteiger partial charge in [-0.3, -0.25) is 14.2 Å². The number of nitrogens with zero attached hydrogens (tertiary/aromatic N) is 5. The number of carbonyl (C=O) groups excluding carboxylic acids is 2. The molecule has 0 aliphatic carbocycles. The van der Waals surface area contributed by atoms with Gasteiger partial charge in [0.2, 0.25) is 17.8 Å². The van der Waals surface area contributed by atoms with E-state index in [0.29, 0.717) is 10.2 Å². The summed E-state index contributed by atoms with van der Waals surface area (Å²) in [5, 5.41) is 12.4. The Morgan fingerprint density at radius 3 is 2.71 bits per heavy atom. The fourth-order valence-electron chi connectivity index (χ4n) is 2.94. The van der Waals surface area contributed by atoms with E-state index in [1.54, 1.807) is 14.1 Å². The van der Waals surface area contributed by atoms with Crippen molar-refractivity contribution < 1.29 is 9.59 Å². The molecule has 2 aromatic rings. The van der Waals surface area contributed by atoms with Crippen molar-refractivity contribution in [1.29, 1.82) is 0 Å². The number of rotatable bonds is 7. The van der Waals surface area contributed by atoms with Gasteiger partial charge in [0, 0.05) is 32.2 Å². The van der Waals surface area contributed by atoms with E-state index in [1.807, 2.05) is 28.8 Å². The fourth-order valence-corrected chi connectivity index (χ4v) is 4.01. The molecule has 3 rings (SSSR count). The van der Waals surface area contributed by atoms with Crippen molar-refractivity contribution in [3.8, 4) is 5.69 Å². The van der Waals surface area contributed by atoms with Crippen molar-refractivity contribution in [3.63, 3.8) is 0 Å². The lowest BCUT2D eigenvalue weighted by molar-refractivity contribution is -0.132. The molecule has 1 fully saturated rings. The molecule has 1 saturated heterocycles. The van der Waals surface area contributed by atoms with Gasteiger partial charge >= 0.3 is 0 Å². The zero-order valence-corrected chi connectivity index (χ0v) is 17.5. The van der Waals surface area contributed by atoms with Crippen LogP contribution in [0.2, 0.25) is 5.02 Å². The van der Waals surface area contributed by atoms with Gasteiger partial charge in [0.25, 0.3) is 0 Å². The van der Waals surface area contributed by atoms with Gasteiger partial charge in [-0.05, 0) is 31.0 Å². The third-order valence-corrected chi connectivity index (χ3v) is 5.63. The number of halogens is 1. The first-order valence-electron chi connectivity index (χ1n) is 9.03. The summed E-state index contributed by atoms with van der Waals surface area (Å²) in [5.74, 6) is 0.552. The maximum atomic E-state index is 12.4. The zero-order chi connectivity index (χ0) is 20.1. The Bertz CT molecular complexity index is 852. The number of hydrogen-bond donors (Lipinski definition) is 1. The number of benzene rings is 1. The second kappa shape index (κ2) is 9.29. The summed E-state index contributed by atoms with van der Waals surface area (Å²) in [5.41, 5.74) is 0.855. The summed E-state index contributed by atoms with van der Waals surface area (Å²) >= 11 is 7.48. The lowest BCUT2D eigenvalue weighted by Crippen LogP contribution is -2.37. The second-order valence-corrected chi connectivity index (χ2v) is 7.88. The van der Waals surface area contributed by atoms with Crippen molar-refractivity contribution in [1.82, 2.24) is 25.0 Å². The van der Waals surface area contributed by atoms with Crippen LogP contribution in [0.15, 0.2) is 29.4 Å². The van der Waals surface area contributed by atoms with E-state index in [9.17, 15) is 9.59 Å². The first kappa shape index (κ1) is 20.5. The summed E-state index contributed by atoms with van der Waals surface area (Å²) in [7, 11) is 3.15. The molecule has 150 valence electrons. The smallest absolute Gasteiger partial charge is 0.239 e. The van der Waals surface area contributed by atoms with Crippen LogP contribution in [-0.4, -0.2) is 71.0 Å². The van der Waals surface area contributed by atoms with E-state index in [0.717, 1.165) is 37.6 Å². The van der Waals surface area contributed by atoms with Crippen LogP contribution in [0.5, 0.6) is 0 Å². The maximum Gasteiger partial charge on any atom is 0.239 e. The highest BCUT2D eigenvalue weighted by molar-refractivity contribution is 7.99. The fraction of sp³-hybridized carbons (Fsp3) is 0.444. The first-order chi connectivity index (χ1) is 13.5. The molecule has 0 radical (unpaired) electrons. The number of thioether (sulfide) groups is 1. The SMILES string of the molecule is CNC(=O)CN(C)C(=O)CSc1nnc(N2CCCC2)n1-c1cccc(Cl)c1. The van der Waals surface area contributed by atoms with E-state index in [1.165, 1.54) is 16.7 Å². The van der Waals surface area contributed by atoms with Gasteiger partial charge < -0.3 is 15.1 Å². The highest BCUT2D eigenvalue weighted by Gasteiger charge is 2.23. The van der Waals surface area contributed by atoms with Gasteiger partial charge in [-0.15, -0.1) is 10.2 Å². The highest BCUT2D eigenvalue weighted by atomic mass is 35.5. The van der Waals surface area contributed by atoms with Crippen molar-refractivity contribution in [2.75, 3.05) is 44.4 Å². The lowest BCUT2D eigenvalue weighted by Gasteiger charge is -2.19. The Kier molecular flexibility index (Phi) is 6.79. The van der Waals surface area contributed by atoms with Crippen LogP contribution in [0.3, 0.4) is 0 Å². The molecule has 1 aliphatic heterocycles. The molecule has 1 aromatic heterocycles. The van der Waals surface area contributed by atoms with Crippen LogP contribution in [-0.2, 0) is 9.59 Å². The number of carbonyl (C=O) groups is 2. The third kappa shape index (κ3) is 4.77. The lowest BCUT2D eigenvalue weighted by atomic mass is 10.3. The van der Waals surface area contributed by atoms with Crippen LogP contribution in [0, 0.1) is 0 Å². The number of likely N-dealkylation sites (N-methyl/N-ethyl adjacent to an activating group) is 2. The van der Waals surface area contributed by atoms with E-state index in [2.05, 4.69) is 20.4 Å². The van der Waals surface area contributed by atoms with Gasteiger partial charge in [-0.1, -0.05) is 29.4 Å². The Morgan fingerprint density at radius 1 is 1.29 bits per heavy atom. The van der Waals surface area contributed by atoms with Crippen molar-refractivity contribution in [2.24, 2.45) is 0 Å². The summed E-state index contributed by atoms with van der Waals surface area (Å²) in [6.07, 6.45) is 2.24. The molecular formula is C18H23ClN6O2S. The second-order valence-electron chi connectivity index (χ2n) is 6.50. The predicted molar refractivity (Wildman–Crippen MR) is 110 cm³/mol. The van der Waals surface area contributed by atoms with Crippen molar-refractivity contribution in [3.05, 3.63) is 29.3 Å². The molecular weight excluding hydrogens is 400 g/mol. The maximum absolute atomic E-state index is 12.4. The topological polar surface area (TPSA) is 83.4 Å². The van der Waals surface area contributed by atoms with Crippen LogP contribution in [0.1, 0.15) is 12.8 Å². The van der Waals surface area contributed by atoms with E-state index in [-0.39, 0.29) is 24.1 Å². The Balaban J connectivity index is 1.81. The standard InChI is InChI=1S/C18H23ClN6O2S/c1-20-15(26)11-23(2)16(27)12-28-18-22-21-17(24-8-3-4-9-24)25(18)14-7-5-6-13(19)10-14/h5-7,10H,3-4,8-9,11-12H2,1-2H3,(H,20,26). The molecule has 8 nitrogen and oxygen atoms in total. The average molecular weight is 423 g/mol. The average Bonchev–Trinajstić information content (AvgIpc) is 3.35. The quantitative estimate of drug-likeness (QED) is 0.685. The highest BCUT2D eigenvalue weighted by Crippen LogP contribution is 2.29. The Morgan fingerprint density at radius 2 is 2.04 bits per heavy atom. The molecule has 0 saturated carbocycles. The van der Waals surface area contributed by atoms with Crippen LogP contribution in [0.4, 0.5) is 5.95 Å². The van der Waals surface area contributed by atoms with Crippen LogP contribution < -0.4 is 10.2 Å². The summed E-state index contributed by atoms with van der Waals surface area (Å²) < 4.78 is 1.94. The molecule has 1 aliphatic rings. The van der Waals surface area contributed by atoms with Crippen molar-refractivity contribution in [2.45, 2.75) is 18.0 Å². The minimum atomic E-state index is -0.209. The normalized spacial score (nSPS) is 13.6. The number of hydrogen-bond acceptors (Lipinski definition) is 6. The zero-order valence-electron chi connectivity index (χ0n) is 15.9.